The number of carbonyl (C=O) groups excluding carboxylic acids is 1. The summed E-state index contributed by atoms with van der Waals surface area (Å²) in [5.41, 5.74) is 1.39. The number of carbonyl (C=O) groups is 1. The number of nitrogens with zero attached hydrogens (tertiary/aromatic N) is 4. The normalized spacial score (nSPS) is 10.3. The standard InChI is InChI=1S/C18H15FN4O2/c1-25-18(24)14-4-2-13(3-5-14)12-23(17-11-20-8-9-21-17)16-7-6-15(19)10-22-16/h2-11H,12H2,1H3. The third-order valence-electron chi connectivity index (χ3n) is 3.53. The van der Waals surface area contributed by atoms with Crippen LogP contribution < -0.4 is 4.90 Å². The van der Waals surface area contributed by atoms with Crippen molar-refractivity contribution < 1.29 is 13.9 Å². The van der Waals surface area contributed by atoms with Crippen LogP contribution in [0.25, 0.3) is 0 Å². The maximum absolute atomic E-state index is 13.2. The van der Waals surface area contributed by atoms with Gasteiger partial charge in [-0.15, -0.1) is 0 Å². The number of methoxy groups -OCH3 is 1. The van der Waals surface area contributed by atoms with Crippen LogP contribution in [0.4, 0.5) is 16.0 Å². The van der Waals surface area contributed by atoms with Crippen LogP contribution in [-0.4, -0.2) is 28.0 Å². The molecule has 7 heteroatoms. The van der Waals surface area contributed by atoms with Gasteiger partial charge in [0.1, 0.15) is 11.6 Å². The minimum atomic E-state index is -0.412. The predicted molar refractivity (Wildman–Crippen MR) is 89.9 cm³/mol. The molecular formula is C18H15FN4O2. The van der Waals surface area contributed by atoms with Crippen LogP contribution >= 0.6 is 0 Å². The van der Waals surface area contributed by atoms with E-state index in [4.69, 9.17) is 4.74 Å². The van der Waals surface area contributed by atoms with E-state index < -0.39 is 11.8 Å². The fraction of sp³-hybridized carbons (Fsp3) is 0.111. The summed E-state index contributed by atoms with van der Waals surface area (Å²) in [6, 6.07) is 9.93. The second-order valence-corrected chi connectivity index (χ2v) is 5.17. The number of anilines is 2. The lowest BCUT2D eigenvalue weighted by Gasteiger charge is -2.22. The van der Waals surface area contributed by atoms with E-state index in [-0.39, 0.29) is 0 Å². The molecule has 0 N–H and O–H groups in total. The average molecular weight is 338 g/mol. The highest BCUT2D eigenvalue weighted by Gasteiger charge is 2.14. The Labute approximate surface area is 143 Å². The molecule has 3 rings (SSSR count). The van der Waals surface area contributed by atoms with Crippen molar-refractivity contribution in [3.8, 4) is 0 Å². The van der Waals surface area contributed by atoms with E-state index in [1.165, 1.54) is 13.2 Å². The average Bonchev–Trinajstić information content (AvgIpc) is 2.67. The van der Waals surface area contributed by atoms with Crippen molar-refractivity contribution >= 4 is 17.6 Å². The van der Waals surface area contributed by atoms with Gasteiger partial charge in [0, 0.05) is 12.4 Å². The molecule has 0 amide bonds. The molecule has 0 aliphatic carbocycles. The Balaban J connectivity index is 1.90. The summed E-state index contributed by atoms with van der Waals surface area (Å²) in [5.74, 6) is 0.320. The smallest absolute Gasteiger partial charge is 0.337 e. The molecule has 0 aliphatic rings. The van der Waals surface area contributed by atoms with Gasteiger partial charge in [-0.05, 0) is 29.8 Å². The molecule has 0 aliphatic heterocycles. The number of hydrogen-bond acceptors (Lipinski definition) is 6. The second-order valence-electron chi connectivity index (χ2n) is 5.17. The van der Waals surface area contributed by atoms with Gasteiger partial charge < -0.3 is 9.64 Å². The Bertz CT molecular complexity index is 839. The largest absolute Gasteiger partial charge is 0.465 e. The second kappa shape index (κ2) is 7.48. The van der Waals surface area contributed by atoms with E-state index in [0.29, 0.717) is 23.7 Å². The van der Waals surface area contributed by atoms with E-state index in [2.05, 4.69) is 15.0 Å². The van der Waals surface area contributed by atoms with Crippen molar-refractivity contribution in [2.24, 2.45) is 0 Å². The quantitative estimate of drug-likeness (QED) is 0.666. The lowest BCUT2D eigenvalue weighted by Crippen LogP contribution is -2.19. The van der Waals surface area contributed by atoms with Gasteiger partial charge in [0.15, 0.2) is 5.82 Å². The van der Waals surface area contributed by atoms with Gasteiger partial charge in [0.25, 0.3) is 0 Å². The van der Waals surface area contributed by atoms with Crippen LogP contribution in [0.15, 0.2) is 61.2 Å². The zero-order valence-electron chi connectivity index (χ0n) is 13.5. The van der Waals surface area contributed by atoms with E-state index in [1.54, 1.807) is 41.7 Å². The molecule has 6 nitrogen and oxygen atoms in total. The molecule has 25 heavy (non-hydrogen) atoms. The van der Waals surface area contributed by atoms with Crippen molar-refractivity contribution in [1.82, 2.24) is 15.0 Å². The first-order valence-electron chi connectivity index (χ1n) is 7.50. The van der Waals surface area contributed by atoms with Crippen LogP contribution in [0.5, 0.6) is 0 Å². The zero-order valence-corrected chi connectivity index (χ0v) is 13.5. The van der Waals surface area contributed by atoms with Crippen LogP contribution in [0.3, 0.4) is 0 Å². The number of halogens is 1. The molecule has 3 aromatic rings. The number of ether oxygens (including phenoxy) is 1. The minimum absolute atomic E-state index is 0.391. The van der Waals surface area contributed by atoms with Gasteiger partial charge in [-0.3, -0.25) is 4.98 Å². The summed E-state index contributed by atoms with van der Waals surface area (Å²) in [7, 11) is 1.34. The molecule has 0 unspecified atom stereocenters. The maximum Gasteiger partial charge on any atom is 0.337 e. The van der Waals surface area contributed by atoms with Crippen LogP contribution in [0.2, 0.25) is 0 Å². The molecule has 1 aromatic carbocycles. The molecule has 0 spiro atoms. The molecule has 0 saturated carbocycles. The topological polar surface area (TPSA) is 68.2 Å². The summed E-state index contributed by atoms with van der Waals surface area (Å²) in [5, 5.41) is 0. The van der Waals surface area contributed by atoms with Gasteiger partial charge in [0.05, 0.1) is 31.6 Å². The van der Waals surface area contributed by atoms with Crippen molar-refractivity contribution in [3.63, 3.8) is 0 Å². The molecule has 126 valence electrons. The Morgan fingerprint density at radius 1 is 1.04 bits per heavy atom. The lowest BCUT2D eigenvalue weighted by molar-refractivity contribution is 0.0600. The third kappa shape index (κ3) is 3.95. The van der Waals surface area contributed by atoms with Gasteiger partial charge in [-0.25, -0.2) is 19.2 Å². The first kappa shape index (κ1) is 16.5. The summed E-state index contributed by atoms with van der Waals surface area (Å²) in [6.07, 6.45) is 5.91. The maximum atomic E-state index is 13.2. The number of pyridine rings is 1. The molecule has 2 heterocycles. The molecule has 0 radical (unpaired) electrons. The Morgan fingerprint density at radius 2 is 1.84 bits per heavy atom. The summed E-state index contributed by atoms with van der Waals surface area (Å²) < 4.78 is 17.9. The number of aromatic nitrogens is 3. The van der Waals surface area contributed by atoms with Gasteiger partial charge >= 0.3 is 5.97 Å². The number of hydrogen-bond donors (Lipinski definition) is 0. The summed E-state index contributed by atoms with van der Waals surface area (Å²) >= 11 is 0. The third-order valence-corrected chi connectivity index (χ3v) is 3.53. The first-order valence-corrected chi connectivity index (χ1v) is 7.50. The van der Waals surface area contributed by atoms with Crippen LogP contribution in [0.1, 0.15) is 15.9 Å². The van der Waals surface area contributed by atoms with Gasteiger partial charge in [-0.1, -0.05) is 12.1 Å². The van der Waals surface area contributed by atoms with Gasteiger partial charge in [-0.2, -0.15) is 0 Å². The van der Waals surface area contributed by atoms with Crippen molar-refractivity contribution in [1.29, 1.82) is 0 Å². The van der Waals surface area contributed by atoms with Crippen molar-refractivity contribution in [2.75, 3.05) is 12.0 Å². The highest BCUT2D eigenvalue weighted by Crippen LogP contribution is 2.23. The number of rotatable bonds is 5. The molecule has 0 saturated heterocycles. The van der Waals surface area contributed by atoms with E-state index >= 15 is 0 Å². The Kier molecular flexibility index (Phi) is 4.94. The van der Waals surface area contributed by atoms with E-state index in [1.807, 2.05) is 12.1 Å². The monoisotopic (exact) mass is 338 g/mol. The van der Waals surface area contributed by atoms with E-state index in [9.17, 15) is 9.18 Å². The van der Waals surface area contributed by atoms with Crippen molar-refractivity contribution in [3.05, 3.63) is 78.1 Å². The Hall–Kier alpha value is -3.35. The molecule has 0 bridgehead atoms. The minimum Gasteiger partial charge on any atom is -0.465 e. The first-order chi connectivity index (χ1) is 12.2. The lowest BCUT2D eigenvalue weighted by atomic mass is 10.1. The fourth-order valence-electron chi connectivity index (χ4n) is 2.28. The highest BCUT2D eigenvalue weighted by atomic mass is 19.1. The van der Waals surface area contributed by atoms with Crippen LogP contribution in [0, 0.1) is 5.82 Å². The Morgan fingerprint density at radius 3 is 2.44 bits per heavy atom. The van der Waals surface area contributed by atoms with Gasteiger partial charge in [0.2, 0.25) is 0 Å². The van der Waals surface area contributed by atoms with Crippen LogP contribution in [-0.2, 0) is 11.3 Å². The zero-order chi connectivity index (χ0) is 17.6. The van der Waals surface area contributed by atoms with Crippen molar-refractivity contribution in [2.45, 2.75) is 6.54 Å². The molecule has 0 fully saturated rings. The fourth-order valence-corrected chi connectivity index (χ4v) is 2.28. The number of benzene rings is 1. The summed E-state index contributed by atoms with van der Waals surface area (Å²) in [4.78, 5) is 25.8. The SMILES string of the molecule is COC(=O)c1ccc(CN(c2ccc(F)cn2)c2cnccn2)cc1. The molecule has 2 aromatic heterocycles. The number of esters is 1. The summed E-state index contributed by atoms with van der Waals surface area (Å²) in [6.45, 7) is 0.429. The highest BCUT2D eigenvalue weighted by molar-refractivity contribution is 5.89. The molecular weight excluding hydrogens is 323 g/mol. The molecule has 0 atom stereocenters. The van der Waals surface area contributed by atoms with E-state index in [0.717, 1.165) is 11.8 Å². The predicted octanol–water partition coefficient (Wildman–Crippen LogP) is 3.14.